The van der Waals surface area contributed by atoms with E-state index in [1.165, 1.54) is 26.2 Å². The van der Waals surface area contributed by atoms with Crippen molar-refractivity contribution >= 4 is 29.0 Å². The Labute approximate surface area is 177 Å². The number of para-hydroxylation sites is 1. The van der Waals surface area contributed by atoms with Crippen LogP contribution < -0.4 is 16.0 Å². The van der Waals surface area contributed by atoms with Crippen molar-refractivity contribution in [1.29, 1.82) is 0 Å². The van der Waals surface area contributed by atoms with Crippen molar-refractivity contribution in [2.45, 2.75) is 52.0 Å². The van der Waals surface area contributed by atoms with E-state index in [4.69, 9.17) is 0 Å². The summed E-state index contributed by atoms with van der Waals surface area (Å²) >= 11 is 0. The number of Topliss-reactive ketones (excluding diaryl/α,β-unsaturated/α-hetero) is 1. The number of carbonyl (C=O) groups excluding carboxylic acids is 3. The van der Waals surface area contributed by atoms with Crippen LogP contribution in [-0.2, 0) is 4.79 Å². The summed E-state index contributed by atoms with van der Waals surface area (Å²) in [7, 11) is 0. The van der Waals surface area contributed by atoms with Gasteiger partial charge in [-0.25, -0.2) is 0 Å². The van der Waals surface area contributed by atoms with Crippen molar-refractivity contribution < 1.29 is 14.4 Å². The van der Waals surface area contributed by atoms with Crippen LogP contribution in [0.2, 0.25) is 0 Å². The predicted molar refractivity (Wildman–Crippen MR) is 119 cm³/mol. The molecule has 158 valence electrons. The lowest BCUT2D eigenvalue weighted by molar-refractivity contribution is -0.114. The first kappa shape index (κ1) is 21.6. The third-order valence-corrected chi connectivity index (χ3v) is 5.45. The maximum absolute atomic E-state index is 12.5. The second-order valence-corrected chi connectivity index (χ2v) is 7.84. The molecule has 2 aromatic rings. The number of hydrogen-bond acceptors (Lipinski definition) is 4. The standard InChI is InChI=1S/C24H29N3O3/c1-16-14-18(24(30)26-19-8-4-3-5-9-19)12-13-21(16)25-15-23(29)27-22-11-7-6-10-20(22)17(2)28/h6-7,10-14,19,25H,3-5,8-9,15H2,1-2H3,(H,26,30)(H,27,29). The van der Waals surface area contributed by atoms with Gasteiger partial charge in [-0.05, 0) is 62.6 Å². The SMILES string of the molecule is CC(=O)c1ccccc1NC(=O)CNc1ccc(C(=O)NC2CCCCC2)cc1C. The van der Waals surface area contributed by atoms with E-state index >= 15 is 0 Å². The molecule has 3 rings (SSSR count). The van der Waals surface area contributed by atoms with Gasteiger partial charge < -0.3 is 16.0 Å². The smallest absolute Gasteiger partial charge is 0.251 e. The second kappa shape index (κ2) is 10.1. The van der Waals surface area contributed by atoms with Gasteiger partial charge in [-0.3, -0.25) is 14.4 Å². The minimum Gasteiger partial charge on any atom is -0.376 e. The lowest BCUT2D eigenvalue weighted by atomic mass is 9.95. The molecule has 0 spiro atoms. The summed E-state index contributed by atoms with van der Waals surface area (Å²) in [6.07, 6.45) is 5.69. The van der Waals surface area contributed by atoms with Gasteiger partial charge in [-0.1, -0.05) is 31.4 Å². The molecule has 0 unspecified atom stereocenters. The van der Waals surface area contributed by atoms with E-state index in [1.54, 1.807) is 30.3 Å². The average molecular weight is 408 g/mol. The van der Waals surface area contributed by atoms with Crippen LogP contribution in [0.25, 0.3) is 0 Å². The third-order valence-electron chi connectivity index (χ3n) is 5.45. The maximum atomic E-state index is 12.5. The fourth-order valence-corrected chi connectivity index (χ4v) is 3.79. The number of nitrogens with one attached hydrogen (secondary N) is 3. The molecule has 0 heterocycles. The molecule has 1 aliphatic carbocycles. The molecule has 0 atom stereocenters. The number of hydrogen-bond donors (Lipinski definition) is 3. The Kier molecular flexibility index (Phi) is 7.22. The number of rotatable bonds is 7. The Hall–Kier alpha value is -3.15. The van der Waals surface area contributed by atoms with Crippen LogP contribution in [0.3, 0.4) is 0 Å². The molecule has 2 amide bonds. The zero-order valence-electron chi connectivity index (χ0n) is 17.6. The van der Waals surface area contributed by atoms with Crippen LogP contribution >= 0.6 is 0 Å². The number of benzene rings is 2. The van der Waals surface area contributed by atoms with E-state index in [0.29, 0.717) is 16.8 Å². The van der Waals surface area contributed by atoms with E-state index in [1.807, 2.05) is 19.1 Å². The lowest BCUT2D eigenvalue weighted by Crippen LogP contribution is -2.36. The maximum Gasteiger partial charge on any atom is 0.251 e. The summed E-state index contributed by atoms with van der Waals surface area (Å²) in [4.78, 5) is 36.5. The quantitative estimate of drug-likeness (QED) is 0.597. The largest absolute Gasteiger partial charge is 0.376 e. The Morgan fingerprint density at radius 1 is 0.967 bits per heavy atom. The Morgan fingerprint density at radius 3 is 2.40 bits per heavy atom. The van der Waals surface area contributed by atoms with Crippen molar-refractivity contribution in [1.82, 2.24) is 5.32 Å². The minimum atomic E-state index is -0.248. The summed E-state index contributed by atoms with van der Waals surface area (Å²) in [5.74, 6) is -0.394. The van der Waals surface area contributed by atoms with Crippen molar-refractivity contribution in [3.05, 3.63) is 59.2 Å². The summed E-state index contributed by atoms with van der Waals surface area (Å²) < 4.78 is 0. The number of amides is 2. The lowest BCUT2D eigenvalue weighted by Gasteiger charge is -2.23. The van der Waals surface area contributed by atoms with Crippen molar-refractivity contribution in [3.8, 4) is 0 Å². The first-order chi connectivity index (χ1) is 14.4. The van der Waals surface area contributed by atoms with Crippen LogP contribution in [-0.4, -0.2) is 30.2 Å². The van der Waals surface area contributed by atoms with Crippen LogP contribution in [0.4, 0.5) is 11.4 Å². The van der Waals surface area contributed by atoms with E-state index in [2.05, 4.69) is 16.0 Å². The van der Waals surface area contributed by atoms with Gasteiger partial charge in [0.1, 0.15) is 0 Å². The Morgan fingerprint density at radius 2 is 1.70 bits per heavy atom. The summed E-state index contributed by atoms with van der Waals surface area (Å²) in [5, 5.41) is 8.99. The van der Waals surface area contributed by atoms with Crippen molar-refractivity contribution in [3.63, 3.8) is 0 Å². The van der Waals surface area contributed by atoms with Gasteiger partial charge >= 0.3 is 0 Å². The second-order valence-electron chi connectivity index (χ2n) is 7.84. The number of aryl methyl sites for hydroxylation is 1. The van der Waals surface area contributed by atoms with Crippen LogP contribution in [0, 0.1) is 6.92 Å². The van der Waals surface area contributed by atoms with Gasteiger partial charge in [0, 0.05) is 22.9 Å². The number of carbonyl (C=O) groups is 3. The molecular formula is C24H29N3O3. The zero-order chi connectivity index (χ0) is 21.5. The highest BCUT2D eigenvalue weighted by Crippen LogP contribution is 2.20. The summed E-state index contributed by atoms with van der Waals surface area (Å²) in [6, 6.07) is 12.6. The molecule has 0 aromatic heterocycles. The molecule has 0 radical (unpaired) electrons. The molecule has 2 aromatic carbocycles. The Balaban J connectivity index is 1.56. The van der Waals surface area contributed by atoms with Gasteiger partial charge in [0.25, 0.3) is 5.91 Å². The summed E-state index contributed by atoms with van der Waals surface area (Å²) in [6.45, 7) is 3.43. The van der Waals surface area contributed by atoms with E-state index in [-0.39, 0.29) is 30.2 Å². The average Bonchev–Trinajstić information content (AvgIpc) is 2.73. The van der Waals surface area contributed by atoms with Gasteiger partial charge in [-0.15, -0.1) is 0 Å². The van der Waals surface area contributed by atoms with Crippen LogP contribution in [0.5, 0.6) is 0 Å². The zero-order valence-corrected chi connectivity index (χ0v) is 17.6. The van der Waals surface area contributed by atoms with Gasteiger partial charge in [0.2, 0.25) is 5.91 Å². The first-order valence-electron chi connectivity index (χ1n) is 10.5. The molecule has 1 fully saturated rings. The fourth-order valence-electron chi connectivity index (χ4n) is 3.79. The number of anilines is 2. The van der Waals surface area contributed by atoms with Gasteiger partial charge in [0.15, 0.2) is 5.78 Å². The van der Waals surface area contributed by atoms with Crippen molar-refractivity contribution in [2.75, 3.05) is 17.2 Å². The predicted octanol–water partition coefficient (Wildman–Crippen LogP) is 4.31. The number of ketones is 1. The van der Waals surface area contributed by atoms with Crippen molar-refractivity contribution in [2.24, 2.45) is 0 Å². The molecule has 0 bridgehead atoms. The first-order valence-corrected chi connectivity index (χ1v) is 10.5. The highest BCUT2D eigenvalue weighted by Gasteiger charge is 2.17. The highest BCUT2D eigenvalue weighted by atomic mass is 16.2. The molecule has 6 heteroatoms. The summed E-state index contributed by atoms with van der Waals surface area (Å²) in [5.41, 5.74) is 3.30. The molecule has 30 heavy (non-hydrogen) atoms. The van der Waals surface area contributed by atoms with E-state index in [0.717, 1.165) is 24.1 Å². The van der Waals surface area contributed by atoms with Gasteiger partial charge in [-0.2, -0.15) is 0 Å². The molecule has 1 aliphatic rings. The van der Waals surface area contributed by atoms with Gasteiger partial charge in [0.05, 0.1) is 12.2 Å². The molecule has 0 aliphatic heterocycles. The van der Waals surface area contributed by atoms with Crippen LogP contribution in [0.1, 0.15) is 65.3 Å². The molecule has 3 N–H and O–H groups in total. The minimum absolute atomic E-state index is 0.0462. The normalized spacial score (nSPS) is 14.1. The molecular weight excluding hydrogens is 378 g/mol. The monoisotopic (exact) mass is 407 g/mol. The topological polar surface area (TPSA) is 87.3 Å². The third kappa shape index (κ3) is 5.69. The highest BCUT2D eigenvalue weighted by molar-refractivity contribution is 6.04. The van der Waals surface area contributed by atoms with E-state index < -0.39 is 0 Å². The Bertz CT molecular complexity index is 933. The molecule has 0 saturated heterocycles. The molecule has 1 saturated carbocycles. The molecule has 6 nitrogen and oxygen atoms in total. The van der Waals surface area contributed by atoms with E-state index in [9.17, 15) is 14.4 Å². The fraction of sp³-hybridized carbons (Fsp3) is 0.375. The van der Waals surface area contributed by atoms with Crippen LogP contribution in [0.15, 0.2) is 42.5 Å².